The van der Waals surface area contributed by atoms with Crippen molar-refractivity contribution < 1.29 is 9.59 Å². The van der Waals surface area contributed by atoms with Crippen molar-refractivity contribution in [2.45, 2.75) is 77.8 Å². The first kappa shape index (κ1) is 28.7. The molecule has 6 heteroatoms. The van der Waals surface area contributed by atoms with Gasteiger partial charge in [-0.05, 0) is 61.4 Å². The Kier molecular flexibility index (Phi) is 10.1. The SMILES string of the molecule is CCC(C)N(CC(=O)N(CCc1c[nH]c2ccccc12)Cc1ccc(N(C)C)cc1)C(=O)CCC1CCCC1. The molecule has 210 valence electrons. The van der Waals surface area contributed by atoms with Crippen molar-refractivity contribution in [3.63, 3.8) is 0 Å². The molecule has 0 radical (unpaired) electrons. The lowest BCUT2D eigenvalue weighted by atomic mass is 10.0. The fraction of sp³-hybridized carbons (Fsp3) is 0.515. The summed E-state index contributed by atoms with van der Waals surface area (Å²) < 4.78 is 0. The molecule has 0 saturated heterocycles. The number of anilines is 1. The molecule has 1 fully saturated rings. The Balaban J connectivity index is 1.49. The highest BCUT2D eigenvalue weighted by molar-refractivity contribution is 5.85. The Morgan fingerprint density at radius 1 is 1.00 bits per heavy atom. The van der Waals surface area contributed by atoms with E-state index in [4.69, 9.17) is 0 Å². The number of para-hydroxylation sites is 1. The van der Waals surface area contributed by atoms with Crippen LogP contribution in [0, 0.1) is 5.92 Å². The number of fused-ring (bicyclic) bond motifs is 1. The number of hydrogen-bond donors (Lipinski definition) is 1. The highest BCUT2D eigenvalue weighted by atomic mass is 16.2. The topological polar surface area (TPSA) is 59.7 Å². The molecular weight excluding hydrogens is 484 g/mol. The van der Waals surface area contributed by atoms with Crippen molar-refractivity contribution in [3.8, 4) is 0 Å². The van der Waals surface area contributed by atoms with Crippen LogP contribution in [-0.2, 0) is 22.6 Å². The third kappa shape index (κ3) is 7.65. The zero-order valence-electron chi connectivity index (χ0n) is 24.3. The molecule has 1 N–H and O–H groups in total. The monoisotopic (exact) mass is 530 g/mol. The maximum Gasteiger partial charge on any atom is 0.242 e. The highest BCUT2D eigenvalue weighted by Crippen LogP contribution is 2.29. The molecule has 1 atom stereocenters. The lowest BCUT2D eigenvalue weighted by Crippen LogP contribution is -2.46. The van der Waals surface area contributed by atoms with Gasteiger partial charge in [-0.25, -0.2) is 0 Å². The molecule has 1 aliphatic carbocycles. The Morgan fingerprint density at radius 3 is 2.41 bits per heavy atom. The number of amides is 2. The van der Waals surface area contributed by atoms with E-state index in [9.17, 15) is 9.59 Å². The minimum atomic E-state index is 0.0149. The minimum Gasteiger partial charge on any atom is -0.378 e. The average Bonchev–Trinajstić information content (AvgIpc) is 3.62. The summed E-state index contributed by atoms with van der Waals surface area (Å²) >= 11 is 0. The summed E-state index contributed by atoms with van der Waals surface area (Å²) in [5.74, 6) is 0.804. The van der Waals surface area contributed by atoms with Crippen LogP contribution in [-0.4, -0.2) is 59.8 Å². The number of carbonyl (C=O) groups excluding carboxylic acids is 2. The molecule has 0 spiro atoms. The fourth-order valence-electron chi connectivity index (χ4n) is 5.73. The van der Waals surface area contributed by atoms with Gasteiger partial charge in [0.25, 0.3) is 0 Å². The van der Waals surface area contributed by atoms with Gasteiger partial charge in [-0.1, -0.05) is 62.9 Å². The summed E-state index contributed by atoms with van der Waals surface area (Å²) in [7, 11) is 4.05. The molecule has 1 aliphatic rings. The maximum atomic E-state index is 13.9. The lowest BCUT2D eigenvalue weighted by Gasteiger charge is -2.32. The van der Waals surface area contributed by atoms with Gasteiger partial charge >= 0.3 is 0 Å². The lowest BCUT2D eigenvalue weighted by molar-refractivity contribution is -0.142. The Bertz CT molecular complexity index is 1210. The van der Waals surface area contributed by atoms with Gasteiger partial charge in [0.2, 0.25) is 11.8 Å². The average molecular weight is 531 g/mol. The van der Waals surface area contributed by atoms with Crippen LogP contribution in [0.15, 0.2) is 54.7 Å². The number of nitrogens with one attached hydrogen (secondary N) is 1. The zero-order valence-corrected chi connectivity index (χ0v) is 24.3. The van der Waals surface area contributed by atoms with Crippen LogP contribution in [0.4, 0.5) is 5.69 Å². The first-order valence-corrected chi connectivity index (χ1v) is 14.7. The van der Waals surface area contributed by atoms with Gasteiger partial charge in [0.05, 0.1) is 6.54 Å². The zero-order chi connectivity index (χ0) is 27.8. The van der Waals surface area contributed by atoms with Gasteiger partial charge < -0.3 is 19.7 Å². The molecule has 6 nitrogen and oxygen atoms in total. The van der Waals surface area contributed by atoms with E-state index in [1.54, 1.807) is 0 Å². The molecule has 1 aromatic heterocycles. The quantitative estimate of drug-likeness (QED) is 0.278. The van der Waals surface area contributed by atoms with Crippen molar-refractivity contribution in [3.05, 3.63) is 65.9 Å². The second-order valence-corrected chi connectivity index (χ2v) is 11.5. The second-order valence-electron chi connectivity index (χ2n) is 11.5. The minimum absolute atomic E-state index is 0.0149. The molecule has 2 aromatic carbocycles. The number of rotatable bonds is 13. The van der Waals surface area contributed by atoms with Crippen molar-refractivity contribution in [1.29, 1.82) is 0 Å². The Hall–Kier alpha value is -3.28. The summed E-state index contributed by atoms with van der Waals surface area (Å²) in [4.78, 5) is 36.4. The first-order chi connectivity index (χ1) is 18.9. The standard InChI is InChI=1S/C33H46N4O2/c1-5-25(2)37(32(38)19-16-26-10-6-7-11-26)24-33(39)36(23-27-14-17-29(18-15-27)35(3)4)21-20-28-22-34-31-13-9-8-12-30(28)31/h8-9,12-15,17-18,22,25-26,34H,5-7,10-11,16,19-21,23-24H2,1-4H3. The van der Waals surface area contributed by atoms with Crippen molar-refractivity contribution in [2.75, 3.05) is 32.1 Å². The Labute approximate surface area is 234 Å². The van der Waals surface area contributed by atoms with Crippen LogP contribution in [0.2, 0.25) is 0 Å². The van der Waals surface area contributed by atoms with Gasteiger partial charge in [0, 0.05) is 62.4 Å². The number of aromatic amines is 1. The third-order valence-electron chi connectivity index (χ3n) is 8.49. The van der Waals surface area contributed by atoms with E-state index in [0.29, 0.717) is 25.4 Å². The van der Waals surface area contributed by atoms with Crippen LogP contribution < -0.4 is 4.90 Å². The van der Waals surface area contributed by atoms with Gasteiger partial charge in [0.15, 0.2) is 0 Å². The first-order valence-electron chi connectivity index (χ1n) is 14.7. The molecule has 2 amide bonds. The molecule has 4 rings (SSSR count). The summed E-state index contributed by atoms with van der Waals surface area (Å²) in [5, 5.41) is 1.20. The molecule has 3 aromatic rings. The van der Waals surface area contributed by atoms with Gasteiger partial charge in [0.1, 0.15) is 0 Å². The number of carbonyl (C=O) groups is 2. The molecule has 39 heavy (non-hydrogen) atoms. The van der Waals surface area contributed by atoms with E-state index in [2.05, 4.69) is 72.4 Å². The molecule has 1 saturated carbocycles. The summed E-state index contributed by atoms with van der Waals surface area (Å²) in [6, 6.07) is 16.7. The van der Waals surface area contributed by atoms with Crippen LogP contribution in [0.5, 0.6) is 0 Å². The van der Waals surface area contributed by atoms with Gasteiger partial charge in [-0.2, -0.15) is 0 Å². The predicted molar refractivity (Wildman–Crippen MR) is 161 cm³/mol. The van der Waals surface area contributed by atoms with E-state index in [1.165, 1.54) is 36.6 Å². The Morgan fingerprint density at radius 2 is 1.72 bits per heavy atom. The molecule has 1 heterocycles. The summed E-state index contributed by atoms with van der Waals surface area (Å²) in [5.41, 5.74) is 4.54. The number of aromatic nitrogens is 1. The van der Waals surface area contributed by atoms with E-state index in [-0.39, 0.29) is 24.4 Å². The van der Waals surface area contributed by atoms with Crippen molar-refractivity contribution in [2.24, 2.45) is 5.92 Å². The number of nitrogens with zero attached hydrogens (tertiary/aromatic N) is 3. The molecular formula is C33H46N4O2. The van der Waals surface area contributed by atoms with Crippen molar-refractivity contribution in [1.82, 2.24) is 14.8 Å². The van der Waals surface area contributed by atoms with Crippen LogP contribution in [0.3, 0.4) is 0 Å². The second kappa shape index (κ2) is 13.7. The van der Waals surface area contributed by atoms with Crippen LogP contribution >= 0.6 is 0 Å². The van der Waals surface area contributed by atoms with Crippen molar-refractivity contribution >= 4 is 28.4 Å². The van der Waals surface area contributed by atoms with Crippen LogP contribution in [0.1, 0.15) is 69.9 Å². The molecule has 0 bridgehead atoms. The maximum absolute atomic E-state index is 13.9. The van der Waals surface area contributed by atoms with Gasteiger partial charge in [-0.3, -0.25) is 9.59 Å². The molecule has 0 aliphatic heterocycles. The van der Waals surface area contributed by atoms with Gasteiger partial charge in [-0.15, -0.1) is 0 Å². The fourth-order valence-corrected chi connectivity index (χ4v) is 5.73. The van der Waals surface area contributed by atoms with E-state index in [0.717, 1.165) is 36.0 Å². The number of hydrogen-bond acceptors (Lipinski definition) is 3. The van der Waals surface area contributed by atoms with E-state index in [1.807, 2.05) is 30.0 Å². The normalized spacial score (nSPS) is 14.5. The number of benzene rings is 2. The van der Waals surface area contributed by atoms with E-state index >= 15 is 0 Å². The van der Waals surface area contributed by atoms with Crippen LogP contribution in [0.25, 0.3) is 10.9 Å². The predicted octanol–water partition coefficient (Wildman–Crippen LogP) is 6.40. The summed E-state index contributed by atoms with van der Waals surface area (Å²) in [6.45, 7) is 5.42. The number of H-pyrrole nitrogens is 1. The smallest absolute Gasteiger partial charge is 0.242 e. The molecule has 1 unspecified atom stereocenters. The van der Waals surface area contributed by atoms with E-state index < -0.39 is 0 Å². The third-order valence-corrected chi connectivity index (χ3v) is 8.49. The highest BCUT2D eigenvalue weighted by Gasteiger charge is 2.26. The largest absolute Gasteiger partial charge is 0.378 e. The summed E-state index contributed by atoms with van der Waals surface area (Å²) in [6.07, 6.45) is 10.2.